The molecule has 2 rings (SSSR count). The number of benzene rings is 2. The van der Waals surface area contributed by atoms with Gasteiger partial charge >= 0.3 is 5.97 Å². The number of halogens is 2. The quantitative estimate of drug-likeness (QED) is 0.372. The molecule has 0 saturated carbocycles. The number of likely N-dealkylation sites (N-methyl/N-ethyl adjacent to an activating group) is 1. The molecule has 0 aromatic heterocycles. The van der Waals surface area contributed by atoms with Gasteiger partial charge < -0.3 is 19.9 Å². The smallest absolute Gasteiger partial charge is 0.344 e. The number of ketones is 2. The summed E-state index contributed by atoms with van der Waals surface area (Å²) in [5, 5.41) is 13.0. The van der Waals surface area contributed by atoms with Gasteiger partial charge in [0.15, 0.2) is 18.2 Å². The van der Waals surface area contributed by atoms with E-state index in [0.29, 0.717) is 17.5 Å². The maximum absolute atomic E-state index is 13.4. The van der Waals surface area contributed by atoms with Crippen molar-refractivity contribution in [2.75, 3.05) is 26.8 Å². The average Bonchev–Trinajstić information content (AvgIpc) is 2.75. The van der Waals surface area contributed by atoms with E-state index in [1.807, 2.05) is 6.92 Å². The first kappa shape index (κ1) is 25.6. The molecule has 0 aliphatic carbocycles. The largest absolute Gasteiger partial charge is 0.508 e. The molecule has 0 aliphatic rings. The first-order valence-corrected chi connectivity index (χ1v) is 10.8. The molecule has 7 nitrogen and oxygen atoms in total. The van der Waals surface area contributed by atoms with Crippen LogP contribution in [0.25, 0.3) is 0 Å². The molecule has 0 fully saturated rings. The van der Waals surface area contributed by atoms with Gasteiger partial charge in [0.25, 0.3) is 0 Å². The van der Waals surface area contributed by atoms with E-state index in [2.05, 4.69) is 5.32 Å². The third-order valence-electron chi connectivity index (χ3n) is 4.69. The summed E-state index contributed by atoms with van der Waals surface area (Å²) in [5.74, 6) is -0.995. The fourth-order valence-electron chi connectivity index (χ4n) is 3.25. The molecule has 0 aliphatic heterocycles. The molecule has 2 N–H and O–H groups in total. The van der Waals surface area contributed by atoms with Crippen molar-refractivity contribution in [1.29, 1.82) is 0 Å². The zero-order valence-electron chi connectivity index (χ0n) is 18.1. The number of rotatable bonds is 11. The molecule has 0 unspecified atom stereocenters. The number of phenols is 1. The van der Waals surface area contributed by atoms with Gasteiger partial charge in [-0.05, 0) is 55.8 Å². The van der Waals surface area contributed by atoms with Crippen molar-refractivity contribution in [3.05, 3.63) is 56.6 Å². The van der Waals surface area contributed by atoms with Gasteiger partial charge in [-0.1, -0.05) is 30.1 Å². The van der Waals surface area contributed by atoms with Crippen LogP contribution in [-0.4, -0.2) is 49.4 Å². The van der Waals surface area contributed by atoms with Crippen molar-refractivity contribution in [3.63, 3.8) is 0 Å². The van der Waals surface area contributed by atoms with Gasteiger partial charge in [0.05, 0.1) is 18.2 Å². The van der Waals surface area contributed by atoms with E-state index in [1.54, 1.807) is 14.0 Å². The number of aromatic hydroxyl groups is 1. The number of nitrogens with one attached hydrogen (secondary N) is 1. The van der Waals surface area contributed by atoms with Crippen molar-refractivity contribution >= 4 is 40.7 Å². The lowest BCUT2D eigenvalue weighted by Crippen LogP contribution is -2.22. The Hall–Kier alpha value is -2.61. The molecule has 172 valence electrons. The van der Waals surface area contributed by atoms with E-state index in [9.17, 15) is 19.5 Å². The van der Waals surface area contributed by atoms with E-state index < -0.39 is 11.8 Å². The van der Waals surface area contributed by atoms with E-state index in [0.717, 1.165) is 0 Å². The predicted molar refractivity (Wildman–Crippen MR) is 122 cm³/mol. The predicted octanol–water partition coefficient (Wildman–Crippen LogP) is 3.77. The number of hydrogen-bond acceptors (Lipinski definition) is 7. The van der Waals surface area contributed by atoms with Gasteiger partial charge in [0, 0.05) is 17.5 Å². The van der Waals surface area contributed by atoms with Crippen LogP contribution < -0.4 is 10.1 Å². The Morgan fingerprint density at radius 3 is 2.31 bits per heavy atom. The normalized spacial score (nSPS) is 10.7. The molecule has 0 bridgehead atoms. The average molecular weight is 482 g/mol. The van der Waals surface area contributed by atoms with E-state index in [1.165, 1.54) is 24.3 Å². The second-order valence-electron chi connectivity index (χ2n) is 6.85. The summed E-state index contributed by atoms with van der Waals surface area (Å²) < 4.78 is 10.1. The summed E-state index contributed by atoms with van der Waals surface area (Å²) in [6.45, 7) is 3.50. The van der Waals surface area contributed by atoms with E-state index in [-0.39, 0.29) is 64.6 Å². The maximum Gasteiger partial charge on any atom is 0.344 e. The maximum atomic E-state index is 13.4. The van der Waals surface area contributed by atoms with Crippen LogP contribution in [0, 0.1) is 0 Å². The third-order valence-corrected chi connectivity index (χ3v) is 5.56. The minimum atomic E-state index is -0.563. The number of ether oxygens (including phenoxy) is 2. The topological polar surface area (TPSA) is 102 Å². The second kappa shape index (κ2) is 11.9. The Morgan fingerprint density at radius 2 is 1.69 bits per heavy atom. The number of Topliss-reactive ketones (excluding diaryl/α,β-unsaturated/α-hetero) is 1. The van der Waals surface area contributed by atoms with Crippen molar-refractivity contribution in [2.24, 2.45) is 0 Å². The molecule has 0 saturated heterocycles. The number of esters is 1. The Kier molecular flexibility index (Phi) is 9.50. The van der Waals surface area contributed by atoms with Crippen LogP contribution in [0.1, 0.15) is 40.9 Å². The summed E-state index contributed by atoms with van der Waals surface area (Å²) >= 11 is 12.6. The molecular weight excluding hydrogens is 457 g/mol. The Morgan fingerprint density at radius 1 is 1.00 bits per heavy atom. The van der Waals surface area contributed by atoms with E-state index >= 15 is 0 Å². The number of carbonyl (C=O) groups excluding carboxylic acids is 3. The number of carbonyl (C=O) groups is 3. The van der Waals surface area contributed by atoms with Crippen LogP contribution in [0.3, 0.4) is 0 Å². The lowest BCUT2D eigenvalue weighted by atomic mass is 9.90. The lowest BCUT2D eigenvalue weighted by molar-refractivity contribution is -0.145. The Balaban J connectivity index is 2.43. The summed E-state index contributed by atoms with van der Waals surface area (Å²) in [4.78, 5) is 37.1. The lowest BCUT2D eigenvalue weighted by Gasteiger charge is -2.16. The van der Waals surface area contributed by atoms with Gasteiger partial charge in [0.1, 0.15) is 16.5 Å². The molecule has 9 heteroatoms. The molecule has 0 amide bonds. The third kappa shape index (κ3) is 6.00. The fraction of sp³-hybridized carbons (Fsp3) is 0.348. The molecular formula is C23H25Cl2NO6. The molecule has 2 aromatic rings. The van der Waals surface area contributed by atoms with Crippen LogP contribution in [0.2, 0.25) is 10.0 Å². The van der Waals surface area contributed by atoms with Crippen molar-refractivity contribution < 1.29 is 29.0 Å². The van der Waals surface area contributed by atoms with Gasteiger partial charge in [-0.25, -0.2) is 4.79 Å². The minimum Gasteiger partial charge on any atom is -0.508 e. The van der Waals surface area contributed by atoms with Gasteiger partial charge in [0.2, 0.25) is 0 Å². The van der Waals surface area contributed by atoms with Crippen LogP contribution in [0.5, 0.6) is 11.5 Å². The zero-order chi connectivity index (χ0) is 23.8. The molecule has 0 atom stereocenters. The van der Waals surface area contributed by atoms with Gasteiger partial charge in [-0.15, -0.1) is 0 Å². The fourth-order valence-corrected chi connectivity index (χ4v) is 3.71. The highest BCUT2D eigenvalue weighted by Gasteiger charge is 2.24. The monoisotopic (exact) mass is 481 g/mol. The van der Waals surface area contributed by atoms with Gasteiger partial charge in [-0.3, -0.25) is 9.59 Å². The standard InChI is InChI=1S/C23H25Cl2NO6/c1-4-14-17(10-13(27)11-26-3)15(6-8-18(14)28)23(30)16-7-9-19(22(25)21(16)24)32-12-20(29)31-5-2/h6-9,26,28H,4-5,10-12H2,1-3H3. The summed E-state index contributed by atoms with van der Waals surface area (Å²) in [6.07, 6.45) is 0.413. The summed E-state index contributed by atoms with van der Waals surface area (Å²) in [5.41, 5.74) is 1.34. The van der Waals surface area contributed by atoms with Crippen LogP contribution in [0.15, 0.2) is 24.3 Å². The first-order valence-electron chi connectivity index (χ1n) is 10.1. The highest BCUT2D eigenvalue weighted by Crippen LogP contribution is 2.37. The highest BCUT2D eigenvalue weighted by molar-refractivity contribution is 6.45. The van der Waals surface area contributed by atoms with Crippen molar-refractivity contribution in [1.82, 2.24) is 5.32 Å². The summed E-state index contributed by atoms with van der Waals surface area (Å²) in [7, 11) is 1.65. The summed E-state index contributed by atoms with van der Waals surface area (Å²) in [6, 6.07) is 5.76. The zero-order valence-corrected chi connectivity index (χ0v) is 19.6. The van der Waals surface area contributed by atoms with Gasteiger partial charge in [-0.2, -0.15) is 0 Å². The minimum absolute atomic E-state index is 0.0168. The number of phenolic OH excluding ortho intramolecular Hbond substituents is 1. The van der Waals surface area contributed by atoms with E-state index in [4.69, 9.17) is 32.7 Å². The molecule has 0 heterocycles. The molecule has 0 radical (unpaired) electrons. The Labute approximate surface area is 196 Å². The van der Waals surface area contributed by atoms with Crippen LogP contribution in [-0.2, 0) is 27.2 Å². The van der Waals surface area contributed by atoms with Crippen molar-refractivity contribution in [2.45, 2.75) is 26.7 Å². The van der Waals surface area contributed by atoms with Crippen LogP contribution >= 0.6 is 23.2 Å². The first-order chi connectivity index (χ1) is 15.2. The molecule has 32 heavy (non-hydrogen) atoms. The molecule has 2 aromatic carbocycles. The van der Waals surface area contributed by atoms with Crippen molar-refractivity contribution in [3.8, 4) is 11.5 Å². The Bertz CT molecular complexity index is 1020. The second-order valence-corrected chi connectivity index (χ2v) is 7.61. The highest BCUT2D eigenvalue weighted by atomic mass is 35.5. The number of hydrogen-bond donors (Lipinski definition) is 2. The SMILES string of the molecule is CCOC(=O)COc1ccc(C(=O)c2ccc(O)c(CC)c2CC(=O)CNC)c(Cl)c1Cl. The van der Waals surface area contributed by atoms with Crippen LogP contribution in [0.4, 0.5) is 0 Å². The molecule has 0 spiro atoms.